The standard InChI is InChI=1S/C16H27N3O2/c20-13-16(6-2-1-3-7-16)12-17-14-9-18-19(10-14)11-15-5-4-8-21-15/h9-10,15,17,20H,1-8,11-13H2. The van der Waals surface area contributed by atoms with Crippen molar-refractivity contribution >= 4 is 5.69 Å². The molecule has 0 amide bonds. The number of rotatable bonds is 6. The molecule has 2 aliphatic rings. The Labute approximate surface area is 126 Å². The van der Waals surface area contributed by atoms with Crippen LogP contribution in [0.1, 0.15) is 44.9 Å². The van der Waals surface area contributed by atoms with Crippen molar-refractivity contribution in [3.05, 3.63) is 12.4 Å². The average Bonchev–Trinajstić information content (AvgIpc) is 3.19. The molecule has 1 aliphatic carbocycles. The SMILES string of the molecule is OCC1(CNc2cnn(CC3CCCO3)c2)CCCCC1. The minimum absolute atomic E-state index is 0.0644. The maximum Gasteiger partial charge on any atom is 0.0771 e. The summed E-state index contributed by atoms with van der Waals surface area (Å²) in [4.78, 5) is 0. The van der Waals surface area contributed by atoms with E-state index in [-0.39, 0.29) is 12.0 Å². The molecule has 21 heavy (non-hydrogen) atoms. The summed E-state index contributed by atoms with van der Waals surface area (Å²) >= 11 is 0. The highest BCUT2D eigenvalue weighted by molar-refractivity contribution is 5.38. The van der Waals surface area contributed by atoms with Crippen LogP contribution in [-0.4, -0.2) is 40.7 Å². The number of nitrogens with zero attached hydrogens (tertiary/aromatic N) is 2. The van der Waals surface area contributed by atoms with Gasteiger partial charge in [0.05, 0.1) is 31.1 Å². The molecule has 1 saturated heterocycles. The van der Waals surface area contributed by atoms with Crippen LogP contribution in [0.4, 0.5) is 5.69 Å². The summed E-state index contributed by atoms with van der Waals surface area (Å²) in [6.45, 7) is 2.85. The molecule has 1 aromatic heterocycles. The number of aliphatic hydroxyl groups is 1. The van der Waals surface area contributed by atoms with Gasteiger partial charge >= 0.3 is 0 Å². The molecule has 5 heteroatoms. The quantitative estimate of drug-likeness (QED) is 0.845. The lowest BCUT2D eigenvalue weighted by atomic mass is 9.74. The largest absolute Gasteiger partial charge is 0.396 e. The molecule has 5 nitrogen and oxygen atoms in total. The minimum atomic E-state index is 0.0644. The number of anilines is 1. The van der Waals surface area contributed by atoms with Gasteiger partial charge in [-0.1, -0.05) is 19.3 Å². The summed E-state index contributed by atoms with van der Waals surface area (Å²) in [5, 5.41) is 17.6. The highest BCUT2D eigenvalue weighted by Crippen LogP contribution is 2.35. The lowest BCUT2D eigenvalue weighted by Gasteiger charge is -2.35. The van der Waals surface area contributed by atoms with E-state index in [1.54, 1.807) is 0 Å². The van der Waals surface area contributed by atoms with Crippen LogP contribution in [0.25, 0.3) is 0 Å². The van der Waals surface area contributed by atoms with Crippen molar-refractivity contribution in [1.82, 2.24) is 9.78 Å². The van der Waals surface area contributed by atoms with E-state index in [9.17, 15) is 5.11 Å². The van der Waals surface area contributed by atoms with Gasteiger partial charge in [-0.15, -0.1) is 0 Å². The molecule has 118 valence electrons. The molecule has 2 N–H and O–H groups in total. The second-order valence-corrected chi connectivity index (χ2v) is 6.66. The Morgan fingerprint density at radius 2 is 2.19 bits per heavy atom. The first-order valence-electron chi connectivity index (χ1n) is 8.28. The van der Waals surface area contributed by atoms with Gasteiger partial charge in [-0.3, -0.25) is 4.68 Å². The fourth-order valence-electron chi connectivity index (χ4n) is 3.53. The predicted molar refractivity (Wildman–Crippen MR) is 82.3 cm³/mol. The normalized spacial score (nSPS) is 25.1. The first-order chi connectivity index (χ1) is 10.3. The second kappa shape index (κ2) is 6.79. The summed E-state index contributed by atoms with van der Waals surface area (Å²) < 4.78 is 7.60. The van der Waals surface area contributed by atoms with Gasteiger partial charge in [-0.2, -0.15) is 5.10 Å². The Morgan fingerprint density at radius 1 is 1.33 bits per heavy atom. The van der Waals surface area contributed by atoms with Gasteiger partial charge in [0.15, 0.2) is 0 Å². The molecule has 2 fully saturated rings. The van der Waals surface area contributed by atoms with Gasteiger partial charge in [0.2, 0.25) is 0 Å². The average molecular weight is 293 g/mol. The summed E-state index contributed by atoms with van der Waals surface area (Å²) in [7, 11) is 0. The highest BCUT2D eigenvalue weighted by Gasteiger charge is 2.31. The molecule has 0 bridgehead atoms. The Bertz CT molecular complexity index is 434. The minimum Gasteiger partial charge on any atom is -0.396 e. The van der Waals surface area contributed by atoms with Crippen molar-refractivity contribution in [3.8, 4) is 0 Å². The van der Waals surface area contributed by atoms with Gasteiger partial charge in [0, 0.05) is 24.8 Å². The molecule has 2 heterocycles. The first kappa shape index (κ1) is 14.9. The molecule has 1 atom stereocenters. The maximum atomic E-state index is 9.74. The third kappa shape index (κ3) is 3.77. The zero-order chi connectivity index (χ0) is 14.5. The van der Waals surface area contributed by atoms with Crippen LogP contribution < -0.4 is 5.32 Å². The number of nitrogens with one attached hydrogen (secondary N) is 1. The Balaban J connectivity index is 1.51. The zero-order valence-electron chi connectivity index (χ0n) is 12.8. The lowest BCUT2D eigenvalue weighted by Crippen LogP contribution is -2.35. The van der Waals surface area contributed by atoms with Crippen LogP contribution in [0, 0.1) is 5.41 Å². The van der Waals surface area contributed by atoms with Crippen molar-refractivity contribution in [2.75, 3.05) is 25.1 Å². The van der Waals surface area contributed by atoms with Gasteiger partial charge in [-0.05, 0) is 25.7 Å². The smallest absolute Gasteiger partial charge is 0.0771 e. The molecule has 1 saturated carbocycles. The van der Waals surface area contributed by atoms with Crippen molar-refractivity contribution in [1.29, 1.82) is 0 Å². The fourth-order valence-corrected chi connectivity index (χ4v) is 3.53. The Hall–Kier alpha value is -1.07. The van der Waals surface area contributed by atoms with Gasteiger partial charge in [0.25, 0.3) is 0 Å². The summed E-state index contributed by atoms with van der Waals surface area (Å²) in [6.07, 6.45) is 12.6. The van der Waals surface area contributed by atoms with Gasteiger partial charge in [0.1, 0.15) is 0 Å². The number of hydrogen-bond acceptors (Lipinski definition) is 4. The molecule has 0 radical (unpaired) electrons. The highest BCUT2D eigenvalue weighted by atomic mass is 16.5. The van der Waals surface area contributed by atoms with Crippen molar-refractivity contribution in [2.45, 2.75) is 57.6 Å². The van der Waals surface area contributed by atoms with Crippen LogP contribution in [0.3, 0.4) is 0 Å². The van der Waals surface area contributed by atoms with Crippen LogP contribution >= 0.6 is 0 Å². The predicted octanol–water partition coefficient (Wildman–Crippen LogP) is 2.42. The van der Waals surface area contributed by atoms with Crippen LogP contribution in [0.2, 0.25) is 0 Å². The van der Waals surface area contributed by atoms with Crippen molar-refractivity contribution in [3.63, 3.8) is 0 Å². The van der Waals surface area contributed by atoms with E-state index in [4.69, 9.17) is 4.74 Å². The van der Waals surface area contributed by atoms with E-state index >= 15 is 0 Å². The van der Waals surface area contributed by atoms with E-state index < -0.39 is 0 Å². The van der Waals surface area contributed by atoms with Gasteiger partial charge in [-0.25, -0.2) is 0 Å². The van der Waals surface area contributed by atoms with Crippen molar-refractivity contribution < 1.29 is 9.84 Å². The van der Waals surface area contributed by atoms with Crippen LogP contribution in [-0.2, 0) is 11.3 Å². The number of aliphatic hydroxyl groups excluding tert-OH is 1. The molecule has 0 spiro atoms. The van der Waals surface area contributed by atoms with Crippen LogP contribution in [0.15, 0.2) is 12.4 Å². The van der Waals surface area contributed by atoms with E-state index in [1.165, 1.54) is 19.3 Å². The molecule has 1 aromatic rings. The monoisotopic (exact) mass is 293 g/mol. The third-order valence-electron chi connectivity index (χ3n) is 4.97. The van der Waals surface area contributed by atoms with E-state index in [0.717, 1.165) is 51.1 Å². The maximum absolute atomic E-state index is 9.74. The second-order valence-electron chi connectivity index (χ2n) is 6.66. The summed E-state index contributed by atoms with van der Waals surface area (Å²) in [6, 6.07) is 0. The number of hydrogen-bond donors (Lipinski definition) is 2. The first-order valence-corrected chi connectivity index (χ1v) is 8.28. The van der Waals surface area contributed by atoms with Gasteiger partial charge < -0.3 is 15.2 Å². The molecule has 0 aromatic carbocycles. The molecular formula is C16H27N3O2. The third-order valence-corrected chi connectivity index (χ3v) is 4.97. The fraction of sp³-hybridized carbons (Fsp3) is 0.812. The summed E-state index contributed by atoms with van der Waals surface area (Å²) in [5.74, 6) is 0. The van der Waals surface area contributed by atoms with Crippen molar-refractivity contribution in [2.24, 2.45) is 5.41 Å². The Kier molecular flexibility index (Phi) is 4.80. The molecule has 3 rings (SSSR count). The lowest BCUT2D eigenvalue weighted by molar-refractivity contribution is 0.0938. The number of ether oxygens (including phenoxy) is 1. The van der Waals surface area contributed by atoms with Crippen LogP contribution in [0.5, 0.6) is 0 Å². The van der Waals surface area contributed by atoms with E-state index in [2.05, 4.69) is 16.6 Å². The molecular weight excluding hydrogens is 266 g/mol. The molecule has 1 unspecified atom stereocenters. The molecule has 1 aliphatic heterocycles. The number of aromatic nitrogens is 2. The zero-order valence-corrected chi connectivity index (χ0v) is 12.8. The summed E-state index contributed by atoms with van der Waals surface area (Å²) in [5.41, 5.74) is 1.11. The van der Waals surface area contributed by atoms with E-state index in [1.807, 2.05) is 10.9 Å². The van der Waals surface area contributed by atoms with E-state index in [0.29, 0.717) is 6.10 Å². The topological polar surface area (TPSA) is 59.3 Å². The Morgan fingerprint density at radius 3 is 2.90 bits per heavy atom.